The van der Waals surface area contributed by atoms with Crippen molar-refractivity contribution in [1.82, 2.24) is 0 Å². The zero-order valence-electron chi connectivity index (χ0n) is 16.1. The summed E-state index contributed by atoms with van der Waals surface area (Å²) in [5.74, 6) is -0.372. The van der Waals surface area contributed by atoms with E-state index in [2.05, 4.69) is 11.5 Å². The van der Waals surface area contributed by atoms with E-state index in [1.807, 2.05) is 43.3 Å². The summed E-state index contributed by atoms with van der Waals surface area (Å²) >= 11 is 0. The summed E-state index contributed by atoms with van der Waals surface area (Å²) < 4.78 is 5.16. The number of ether oxygens (including phenoxy) is 1. The summed E-state index contributed by atoms with van der Waals surface area (Å²) in [7, 11) is 0. The van der Waals surface area contributed by atoms with Crippen LogP contribution in [0.15, 0.2) is 60.7 Å². The normalized spacial score (nSPS) is 10.6. The molecule has 0 bridgehead atoms. The molecule has 2 rings (SSSR count). The zero-order chi connectivity index (χ0) is 20.5. The molecule has 0 atom stereocenters. The van der Waals surface area contributed by atoms with Crippen molar-refractivity contribution >= 4 is 29.5 Å². The molecule has 0 unspecified atom stereocenters. The molecule has 0 saturated carbocycles. The summed E-state index contributed by atoms with van der Waals surface area (Å²) in [5, 5.41) is 10.7. The first-order chi connectivity index (χ1) is 13.4. The number of esters is 1. The quantitative estimate of drug-likeness (QED) is 0.207. The number of rotatable bonds is 9. The standard InChI is InChI=1S/C22H24N2O4/c1-4-23(15-16-28-22(25)17(2)3)20-11-7-18(8-12-20)5-6-19-9-13-21(14-10-19)24(26)27/h5-14H,2,4,15-16H2,1,3H3/b6-5+. The third-order valence-electron chi connectivity index (χ3n) is 4.15. The lowest BCUT2D eigenvalue weighted by Gasteiger charge is -2.23. The summed E-state index contributed by atoms with van der Waals surface area (Å²) in [6.45, 7) is 8.95. The molecule has 0 aliphatic heterocycles. The average molecular weight is 380 g/mol. The number of likely N-dealkylation sites (N-methyl/N-ethyl adjacent to an activating group) is 1. The van der Waals surface area contributed by atoms with Crippen molar-refractivity contribution in [3.8, 4) is 0 Å². The fourth-order valence-electron chi connectivity index (χ4n) is 2.54. The second-order valence-electron chi connectivity index (χ2n) is 6.27. The van der Waals surface area contributed by atoms with Gasteiger partial charge in [0.1, 0.15) is 6.61 Å². The Bertz CT molecular complexity index is 855. The van der Waals surface area contributed by atoms with Gasteiger partial charge in [-0.05, 0) is 49.2 Å². The molecular weight excluding hydrogens is 356 g/mol. The van der Waals surface area contributed by atoms with Crippen LogP contribution in [0.2, 0.25) is 0 Å². The number of hydrogen-bond donors (Lipinski definition) is 0. The van der Waals surface area contributed by atoms with E-state index in [0.29, 0.717) is 18.7 Å². The van der Waals surface area contributed by atoms with E-state index in [1.54, 1.807) is 19.1 Å². The van der Waals surface area contributed by atoms with Crippen LogP contribution in [-0.4, -0.2) is 30.6 Å². The number of hydrogen-bond acceptors (Lipinski definition) is 5. The Balaban J connectivity index is 1.96. The van der Waals surface area contributed by atoms with E-state index in [0.717, 1.165) is 23.4 Å². The van der Waals surface area contributed by atoms with Crippen LogP contribution in [0.3, 0.4) is 0 Å². The van der Waals surface area contributed by atoms with Crippen LogP contribution in [0.5, 0.6) is 0 Å². The Morgan fingerprint density at radius 3 is 2.11 bits per heavy atom. The number of nitro groups is 1. The molecule has 0 heterocycles. The van der Waals surface area contributed by atoms with Gasteiger partial charge < -0.3 is 9.64 Å². The lowest BCUT2D eigenvalue weighted by Crippen LogP contribution is -2.28. The maximum Gasteiger partial charge on any atom is 0.333 e. The predicted molar refractivity (Wildman–Crippen MR) is 112 cm³/mol. The van der Waals surface area contributed by atoms with Crippen molar-refractivity contribution in [2.45, 2.75) is 13.8 Å². The molecule has 0 fully saturated rings. The first-order valence-electron chi connectivity index (χ1n) is 9.01. The first-order valence-corrected chi connectivity index (χ1v) is 9.01. The number of nitro benzene ring substituents is 1. The van der Waals surface area contributed by atoms with Gasteiger partial charge in [0.05, 0.1) is 11.5 Å². The molecule has 0 amide bonds. The van der Waals surface area contributed by atoms with Crippen molar-refractivity contribution in [2.24, 2.45) is 0 Å². The second kappa shape index (κ2) is 10.1. The van der Waals surface area contributed by atoms with E-state index >= 15 is 0 Å². The highest BCUT2D eigenvalue weighted by molar-refractivity contribution is 5.86. The van der Waals surface area contributed by atoms with Crippen molar-refractivity contribution in [2.75, 3.05) is 24.6 Å². The number of non-ortho nitro benzene ring substituents is 1. The van der Waals surface area contributed by atoms with Crippen LogP contribution in [0.1, 0.15) is 25.0 Å². The Hall–Kier alpha value is -3.41. The van der Waals surface area contributed by atoms with Gasteiger partial charge in [-0.1, -0.05) is 30.9 Å². The summed E-state index contributed by atoms with van der Waals surface area (Å²) in [4.78, 5) is 23.8. The molecule has 28 heavy (non-hydrogen) atoms. The Labute approximate surface area is 164 Å². The van der Waals surface area contributed by atoms with Gasteiger partial charge in [0.15, 0.2) is 0 Å². The van der Waals surface area contributed by atoms with Crippen LogP contribution in [0.25, 0.3) is 12.2 Å². The zero-order valence-corrected chi connectivity index (χ0v) is 16.1. The average Bonchev–Trinajstić information content (AvgIpc) is 2.70. The monoisotopic (exact) mass is 380 g/mol. The Morgan fingerprint density at radius 1 is 1.11 bits per heavy atom. The van der Waals surface area contributed by atoms with Gasteiger partial charge in [0.2, 0.25) is 0 Å². The fourth-order valence-corrected chi connectivity index (χ4v) is 2.54. The third-order valence-corrected chi connectivity index (χ3v) is 4.15. The predicted octanol–water partition coefficient (Wildman–Crippen LogP) is 4.71. The molecule has 0 saturated heterocycles. The minimum Gasteiger partial charge on any atom is -0.460 e. The molecule has 2 aromatic carbocycles. The van der Waals surface area contributed by atoms with Gasteiger partial charge >= 0.3 is 5.97 Å². The van der Waals surface area contributed by atoms with Crippen molar-refractivity contribution in [3.05, 3.63) is 81.9 Å². The van der Waals surface area contributed by atoms with Gasteiger partial charge in [-0.3, -0.25) is 10.1 Å². The minimum absolute atomic E-state index is 0.0788. The van der Waals surface area contributed by atoms with Gasteiger partial charge in [-0.25, -0.2) is 4.79 Å². The molecule has 6 heteroatoms. The number of anilines is 1. The maximum atomic E-state index is 11.5. The van der Waals surface area contributed by atoms with E-state index in [-0.39, 0.29) is 11.7 Å². The maximum absolute atomic E-state index is 11.5. The fraction of sp³-hybridized carbons (Fsp3) is 0.227. The van der Waals surface area contributed by atoms with Crippen LogP contribution in [0, 0.1) is 10.1 Å². The summed E-state index contributed by atoms with van der Waals surface area (Å²) in [6, 6.07) is 14.4. The molecule has 0 radical (unpaired) electrons. The van der Waals surface area contributed by atoms with E-state index in [9.17, 15) is 14.9 Å². The first kappa shape index (κ1) is 20.9. The Kier molecular flexibility index (Phi) is 7.51. The van der Waals surface area contributed by atoms with Gasteiger partial charge in [-0.2, -0.15) is 0 Å². The van der Waals surface area contributed by atoms with Crippen LogP contribution in [-0.2, 0) is 9.53 Å². The van der Waals surface area contributed by atoms with Crippen molar-refractivity contribution in [3.63, 3.8) is 0 Å². The van der Waals surface area contributed by atoms with Crippen LogP contribution >= 0.6 is 0 Å². The highest BCUT2D eigenvalue weighted by Gasteiger charge is 2.07. The smallest absolute Gasteiger partial charge is 0.333 e. The third kappa shape index (κ3) is 6.09. The van der Waals surface area contributed by atoms with Crippen molar-refractivity contribution in [1.29, 1.82) is 0 Å². The van der Waals surface area contributed by atoms with Gasteiger partial charge in [-0.15, -0.1) is 0 Å². The van der Waals surface area contributed by atoms with Gasteiger partial charge in [0.25, 0.3) is 5.69 Å². The van der Waals surface area contributed by atoms with Crippen molar-refractivity contribution < 1.29 is 14.5 Å². The van der Waals surface area contributed by atoms with Crippen LogP contribution in [0.4, 0.5) is 11.4 Å². The Morgan fingerprint density at radius 2 is 1.64 bits per heavy atom. The highest BCUT2D eigenvalue weighted by atomic mass is 16.6. The molecular formula is C22H24N2O4. The molecule has 0 aromatic heterocycles. The number of carbonyl (C=O) groups excluding carboxylic acids is 1. The molecule has 2 aromatic rings. The SMILES string of the molecule is C=C(C)C(=O)OCCN(CC)c1ccc(/C=C/c2ccc([N+](=O)[O-])cc2)cc1. The molecule has 146 valence electrons. The van der Waals surface area contributed by atoms with Crippen LogP contribution < -0.4 is 4.90 Å². The topological polar surface area (TPSA) is 72.7 Å². The minimum atomic E-state index is -0.412. The lowest BCUT2D eigenvalue weighted by molar-refractivity contribution is -0.384. The molecule has 6 nitrogen and oxygen atoms in total. The van der Waals surface area contributed by atoms with E-state index in [4.69, 9.17) is 4.74 Å². The largest absolute Gasteiger partial charge is 0.460 e. The van der Waals surface area contributed by atoms with Gasteiger partial charge in [0, 0.05) is 29.9 Å². The molecule has 0 aliphatic rings. The van der Waals surface area contributed by atoms with E-state index in [1.165, 1.54) is 12.1 Å². The summed E-state index contributed by atoms with van der Waals surface area (Å²) in [5.41, 5.74) is 3.43. The lowest BCUT2D eigenvalue weighted by atomic mass is 10.1. The second-order valence-corrected chi connectivity index (χ2v) is 6.27. The number of nitrogens with zero attached hydrogens (tertiary/aromatic N) is 2. The molecule has 0 N–H and O–H groups in total. The molecule has 0 spiro atoms. The van der Waals surface area contributed by atoms with E-state index < -0.39 is 4.92 Å². The summed E-state index contributed by atoms with van der Waals surface area (Å²) in [6.07, 6.45) is 3.86. The number of benzene rings is 2. The highest BCUT2D eigenvalue weighted by Crippen LogP contribution is 2.18. The molecule has 0 aliphatic carbocycles. The number of carbonyl (C=O) groups is 1.